The number of nitrogens with one attached hydrogen (secondary N) is 1. The van der Waals surface area contributed by atoms with Crippen molar-refractivity contribution in [3.63, 3.8) is 0 Å². The maximum Gasteiger partial charge on any atom is 0.138 e. The Morgan fingerprint density at radius 1 is 1.38 bits per heavy atom. The lowest BCUT2D eigenvalue weighted by atomic mass is 10.1. The highest BCUT2D eigenvalue weighted by molar-refractivity contribution is 7.18. The number of aromatic nitrogens is 2. The van der Waals surface area contributed by atoms with Gasteiger partial charge in [-0.2, -0.15) is 0 Å². The lowest BCUT2D eigenvalue weighted by Gasteiger charge is -2.20. The summed E-state index contributed by atoms with van der Waals surface area (Å²) in [6.45, 7) is 12.3. The first-order chi connectivity index (χ1) is 10.1. The van der Waals surface area contributed by atoms with Gasteiger partial charge in [0.1, 0.15) is 17.0 Å². The molecular weight excluding hydrogens is 280 g/mol. The summed E-state index contributed by atoms with van der Waals surface area (Å²) in [6.07, 6.45) is 2.95. The molecule has 1 N–H and O–H groups in total. The zero-order valence-electron chi connectivity index (χ0n) is 13.3. The van der Waals surface area contributed by atoms with Crippen molar-refractivity contribution in [2.24, 2.45) is 5.92 Å². The summed E-state index contributed by atoms with van der Waals surface area (Å²) in [5.74, 6) is 1.72. The van der Waals surface area contributed by atoms with Crippen LogP contribution in [0.1, 0.15) is 30.7 Å². The summed E-state index contributed by atoms with van der Waals surface area (Å²) in [5, 5.41) is 4.78. The van der Waals surface area contributed by atoms with Crippen molar-refractivity contribution in [3.8, 4) is 0 Å². The second-order valence-electron chi connectivity index (χ2n) is 6.31. The fourth-order valence-electron chi connectivity index (χ4n) is 3.06. The Balaban J connectivity index is 1.72. The molecule has 0 aromatic carbocycles. The van der Waals surface area contributed by atoms with Crippen molar-refractivity contribution in [2.45, 2.75) is 40.2 Å². The van der Waals surface area contributed by atoms with Crippen LogP contribution in [0.2, 0.25) is 0 Å². The molecule has 114 valence electrons. The van der Waals surface area contributed by atoms with E-state index in [-0.39, 0.29) is 0 Å². The fraction of sp³-hybridized carbons (Fsp3) is 0.625. The summed E-state index contributed by atoms with van der Waals surface area (Å²) < 4.78 is 0. The van der Waals surface area contributed by atoms with Crippen molar-refractivity contribution in [2.75, 3.05) is 25.0 Å². The molecule has 1 aliphatic rings. The van der Waals surface area contributed by atoms with E-state index in [4.69, 9.17) is 0 Å². The van der Waals surface area contributed by atoms with E-state index in [2.05, 4.69) is 47.9 Å². The molecule has 1 aliphatic heterocycles. The molecule has 2 aromatic heterocycles. The number of likely N-dealkylation sites (tertiary alicyclic amines) is 1. The number of aryl methyl sites for hydroxylation is 2. The Kier molecular flexibility index (Phi) is 4.13. The minimum Gasteiger partial charge on any atom is -0.369 e. The standard InChI is InChI=1S/C16H24N4S/c1-10(2)20-6-5-13(8-20)7-17-15-14-11(3)12(4)21-16(14)19-9-18-15/h9-10,13H,5-8H2,1-4H3,(H,17,18,19). The largest absolute Gasteiger partial charge is 0.369 e. The van der Waals surface area contributed by atoms with Crippen LogP contribution in [0.15, 0.2) is 6.33 Å². The quantitative estimate of drug-likeness (QED) is 0.939. The first-order valence-electron chi connectivity index (χ1n) is 7.75. The molecule has 1 saturated heterocycles. The van der Waals surface area contributed by atoms with E-state index in [1.54, 1.807) is 17.7 Å². The van der Waals surface area contributed by atoms with Crippen LogP contribution in [0.5, 0.6) is 0 Å². The molecule has 2 aromatic rings. The number of nitrogens with zero attached hydrogens (tertiary/aromatic N) is 3. The van der Waals surface area contributed by atoms with Gasteiger partial charge in [0.25, 0.3) is 0 Å². The smallest absolute Gasteiger partial charge is 0.138 e. The van der Waals surface area contributed by atoms with Gasteiger partial charge >= 0.3 is 0 Å². The van der Waals surface area contributed by atoms with Gasteiger partial charge in [-0.25, -0.2) is 9.97 Å². The zero-order valence-corrected chi connectivity index (χ0v) is 14.1. The molecule has 1 fully saturated rings. The van der Waals surface area contributed by atoms with Crippen molar-refractivity contribution < 1.29 is 0 Å². The number of hydrogen-bond donors (Lipinski definition) is 1. The molecular formula is C16H24N4S. The van der Waals surface area contributed by atoms with Crippen LogP contribution in [-0.2, 0) is 0 Å². The van der Waals surface area contributed by atoms with Crippen LogP contribution >= 0.6 is 11.3 Å². The number of thiophene rings is 1. The van der Waals surface area contributed by atoms with E-state index in [1.807, 2.05) is 0 Å². The van der Waals surface area contributed by atoms with Crippen molar-refractivity contribution >= 4 is 27.4 Å². The first-order valence-corrected chi connectivity index (χ1v) is 8.56. The Hall–Kier alpha value is -1.20. The molecule has 1 atom stereocenters. The fourth-order valence-corrected chi connectivity index (χ4v) is 4.05. The average Bonchev–Trinajstić information content (AvgIpc) is 3.03. The molecule has 0 radical (unpaired) electrons. The minimum atomic E-state index is 0.655. The topological polar surface area (TPSA) is 41.1 Å². The molecule has 21 heavy (non-hydrogen) atoms. The van der Waals surface area contributed by atoms with E-state index < -0.39 is 0 Å². The molecule has 5 heteroatoms. The molecule has 3 rings (SSSR count). The summed E-state index contributed by atoms with van der Waals surface area (Å²) in [4.78, 5) is 13.9. The van der Waals surface area contributed by atoms with Crippen LogP contribution in [0.4, 0.5) is 5.82 Å². The van der Waals surface area contributed by atoms with E-state index in [9.17, 15) is 0 Å². The molecule has 4 nitrogen and oxygen atoms in total. The predicted molar refractivity (Wildman–Crippen MR) is 90.2 cm³/mol. The Morgan fingerprint density at radius 2 is 2.19 bits per heavy atom. The molecule has 0 bridgehead atoms. The van der Waals surface area contributed by atoms with Crippen molar-refractivity contribution in [3.05, 3.63) is 16.8 Å². The molecule has 0 amide bonds. The van der Waals surface area contributed by atoms with Gasteiger partial charge in [0.15, 0.2) is 0 Å². The zero-order chi connectivity index (χ0) is 15.0. The van der Waals surface area contributed by atoms with Gasteiger partial charge in [-0.15, -0.1) is 11.3 Å². The van der Waals surface area contributed by atoms with Crippen LogP contribution in [-0.4, -0.2) is 40.5 Å². The lowest BCUT2D eigenvalue weighted by molar-refractivity contribution is 0.266. The molecule has 3 heterocycles. The molecule has 0 saturated carbocycles. The third-order valence-electron chi connectivity index (χ3n) is 4.57. The van der Waals surface area contributed by atoms with E-state index in [0.29, 0.717) is 6.04 Å². The number of rotatable bonds is 4. The van der Waals surface area contributed by atoms with E-state index in [1.165, 1.54) is 35.3 Å². The van der Waals surface area contributed by atoms with Gasteiger partial charge < -0.3 is 10.2 Å². The third kappa shape index (κ3) is 2.90. The van der Waals surface area contributed by atoms with Gasteiger partial charge in [0.05, 0.1) is 5.39 Å². The second-order valence-corrected chi connectivity index (χ2v) is 7.51. The van der Waals surface area contributed by atoms with Crippen LogP contribution in [0, 0.1) is 19.8 Å². The van der Waals surface area contributed by atoms with Crippen LogP contribution in [0.3, 0.4) is 0 Å². The van der Waals surface area contributed by atoms with E-state index in [0.717, 1.165) is 23.1 Å². The van der Waals surface area contributed by atoms with E-state index >= 15 is 0 Å². The van der Waals surface area contributed by atoms with Crippen molar-refractivity contribution in [1.29, 1.82) is 0 Å². The van der Waals surface area contributed by atoms with Gasteiger partial charge in [0.2, 0.25) is 0 Å². The summed E-state index contributed by atoms with van der Waals surface area (Å²) in [7, 11) is 0. The first kappa shape index (κ1) is 14.7. The van der Waals surface area contributed by atoms with Gasteiger partial charge in [-0.3, -0.25) is 0 Å². The minimum absolute atomic E-state index is 0.655. The Bertz CT molecular complexity index is 634. The predicted octanol–water partition coefficient (Wildman–Crippen LogP) is 3.45. The highest BCUT2D eigenvalue weighted by Gasteiger charge is 2.24. The lowest BCUT2D eigenvalue weighted by Crippen LogP contribution is -2.29. The van der Waals surface area contributed by atoms with Crippen LogP contribution < -0.4 is 5.32 Å². The summed E-state index contributed by atoms with van der Waals surface area (Å²) in [5.41, 5.74) is 1.31. The summed E-state index contributed by atoms with van der Waals surface area (Å²) >= 11 is 1.76. The monoisotopic (exact) mass is 304 g/mol. The highest BCUT2D eigenvalue weighted by atomic mass is 32.1. The van der Waals surface area contributed by atoms with Gasteiger partial charge in [-0.1, -0.05) is 0 Å². The molecule has 0 aliphatic carbocycles. The maximum absolute atomic E-state index is 4.47. The second kappa shape index (κ2) is 5.89. The SMILES string of the molecule is Cc1sc2ncnc(NCC3CCN(C(C)C)C3)c2c1C. The normalized spacial score (nSPS) is 19.8. The number of anilines is 1. The average molecular weight is 304 g/mol. The van der Waals surface area contributed by atoms with Crippen LogP contribution in [0.25, 0.3) is 10.2 Å². The number of fused-ring (bicyclic) bond motifs is 1. The molecule has 1 unspecified atom stereocenters. The van der Waals surface area contributed by atoms with Gasteiger partial charge in [-0.05, 0) is 52.1 Å². The molecule has 0 spiro atoms. The number of hydrogen-bond acceptors (Lipinski definition) is 5. The van der Waals surface area contributed by atoms with Crippen molar-refractivity contribution in [1.82, 2.24) is 14.9 Å². The third-order valence-corrected chi connectivity index (χ3v) is 5.69. The highest BCUT2D eigenvalue weighted by Crippen LogP contribution is 2.32. The Labute approximate surface area is 130 Å². The Morgan fingerprint density at radius 3 is 2.90 bits per heavy atom. The maximum atomic E-state index is 4.47. The summed E-state index contributed by atoms with van der Waals surface area (Å²) in [6, 6.07) is 0.655. The van der Waals surface area contributed by atoms with Gasteiger partial charge in [0, 0.05) is 24.0 Å².